The summed E-state index contributed by atoms with van der Waals surface area (Å²) < 4.78 is 10.9. The lowest BCUT2D eigenvalue weighted by atomic mass is 9.74. The summed E-state index contributed by atoms with van der Waals surface area (Å²) in [6, 6.07) is 20.0. The smallest absolute Gasteiger partial charge is 0.277 e. The number of oxime groups is 1. The van der Waals surface area contributed by atoms with Gasteiger partial charge in [-0.05, 0) is 30.2 Å². The summed E-state index contributed by atoms with van der Waals surface area (Å²) in [5, 5.41) is 7.21. The summed E-state index contributed by atoms with van der Waals surface area (Å²) in [4.78, 5) is 33.5. The lowest BCUT2D eigenvalue weighted by Gasteiger charge is -2.27. The van der Waals surface area contributed by atoms with Gasteiger partial charge in [0.15, 0.2) is 5.78 Å². The molecule has 7 heteroatoms. The molecule has 0 unspecified atom stereocenters. The number of para-hydroxylation sites is 1. The third-order valence-corrected chi connectivity index (χ3v) is 6.60. The number of carbonyl (C=O) groups is 2. The lowest BCUT2D eigenvalue weighted by Crippen LogP contribution is -2.46. The number of amides is 1. The van der Waals surface area contributed by atoms with Crippen molar-refractivity contribution in [2.75, 3.05) is 19.5 Å². The Morgan fingerprint density at radius 2 is 1.83 bits per heavy atom. The highest BCUT2D eigenvalue weighted by atomic mass is 16.7. The maximum atomic E-state index is 14.1. The van der Waals surface area contributed by atoms with Crippen LogP contribution in [0.1, 0.15) is 40.4 Å². The maximum Gasteiger partial charge on any atom is 0.277 e. The highest BCUT2D eigenvalue weighted by Crippen LogP contribution is 2.50. The van der Waals surface area contributed by atoms with Crippen LogP contribution in [0.5, 0.6) is 11.5 Å². The monoisotopic (exact) mass is 470 g/mol. The van der Waals surface area contributed by atoms with Gasteiger partial charge in [0.25, 0.3) is 11.5 Å². The van der Waals surface area contributed by atoms with Gasteiger partial charge in [0.05, 0.1) is 14.2 Å². The number of rotatable bonds is 7. The number of ether oxygens (including phenoxy) is 2. The van der Waals surface area contributed by atoms with Gasteiger partial charge < -0.3 is 19.6 Å². The zero-order valence-electron chi connectivity index (χ0n) is 19.8. The third kappa shape index (κ3) is 3.55. The largest absolute Gasteiger partial charge is 0.497 e. The van der Waals surface area contributed by atoms with E-state index in [0.29, 0.717) is 39.6 Å². The Bertz CT molecular complexity index is 1330. The van der Waals surface area contributed by atoms with E-state index in [1.165, 1.54) is 7.11 Å². The van der Waals surface area contributed by atoms with Gasteiger partial charge in [0, 0.05) is 28.4 Å². The van der Waals surface area contributed by atoms with Crippen LogP contribution in [0.15, 0.2) is 71.9 Å². The molecule has 2 heterocycles. The van der Waals surface area contributed by atoms with Crippen LogP contribution in [0.2, 0.25) is 0 Å². The van der Waals surface area contributed by atoms with Crippen molar-refractivity contribution in [3.63, 3.8) is 0 Å². The van der Waals surface area contributed by atoms with Gasteiger partial charge in [-0.25, -0.2) is 0 Å². The van der Waals surface area contributed by atoms with Crippen molar-refractivity contribution >= 4 is 23.1 Å². The molecule has 3 aromatic carbocycles. The number of hydrogen-bond donors (Lipinski definition) is 1. The van der Waals surface area contributed by atoms with Crippen LogP contribution >= 0.6 is 0 Å². The van der Waals surface area contributed by atoms with Crippen molar-refractivity contribution in [2.45, 2.75) is 25.4 Å². The normalized spacial score (nSPS) is 20.1. The third-order valence-electron chi connectivity index (χ3n) is 6.60. The fourth-order valence-electron chi connectivity index (χ4n) is 4.86. The summed E-state index contributed by atoms with van der Waals surface area (Å²) >= 11 is 0. The first-order valence-electron chi connectivity index (χ1n) is 11.6. The summed E-state index contributed by atoms with van der Waals surface area (Å²) in [6.45, 7) is 2.11. The van der Waals surface area contributed by atoms with E-state index in [0.717, 1.165) is 18.4 Å². The Hall–Kier alpha value is -4.13. The number of ketones is 1. The Balaban J connectivity index is 1.66. The van der Waals surface area contributed by atoms with Crippen molar-refractivity contribution in [1.29, 1.82) is 0 Å². The molecule has 2 aliphatic heterocycles. The second-order valence-corrected chi connectivity index (χ2v) is 8.61. The molecule has 0 radical (unpaired) electrons. The number of nitrogens with one attached hydrogen (secondary N) is 1. The van der Waals surface area contributed by atoms with Gasteiger partial charge in [-0.2, -0.15) is 0 Å². The second kappa shape index (κ2) is 8.91. The molecule has 7 nitrogen and oxygen atoms in total. The fourth-order valence-corrected chi connectivity index (χ4v) is 4.86. The zero-order valence-corrected chi connectivity index (χ0v) is 19.8. The van der Waals surface area contributed by atoms with Crippen LogP contribution in [0.4, 0.5) is 5.69 Å². The van der Waals surface area contributed by atoms with Gasteiger partial charge in [-0.1, -0.05) is 61.0 Å². The molecule has 0 bridgehead atoms. The summed E-state index contributed by atoms with van der Waals surface area (Å²) in [6.07, 6.45) is 1.94. The molecular formula is C28H26N2O5. The van der Waals surface area contributed by atoms with E-state index in [1.54, 1.807) is 49.6 Å². The molecule has 2 aliphatic rings. The number of methoxy groups -OCH3 is 2. The Labute approximate surface area is 203 Å². The van der Waals surface area contributed by atoms with E-state index in [9.17, 15) is 9.59 Å². The van der Waals surface area contributed by atoms with Crippen molar-refractivity contribution < 1.29 is 23.9 Å². The number of fused-ring (bicyclic) bond motifs is 2. The average molecular weight is 471 g/mol. The first-order valence-corrected chi connectivity index (χ1v) is 11.6. The molecule has 5 rings (SSSR count). The first kappa shape index (κ1) is 22.7. The molecule has 0 saturated heterocycles. The number of aryl methyl sites for hydroxylation is 1. The van der Waals surface area contributed by atoms with Gasteiger partial charge in [0.1, 0.15) is 23.1 Å². The molecular weight excluding hydrogens is 444 g/mol. The molecule has 1 N–H and O–H groups in total. The van der Waals surface area contributed by atoms with E-state index in [-0.39, 0.29) is 5.78 Å². The van der Waals surface area contributed by atoms with Crippen LogP contribution in [-0.2, 0) is 21.7 Å². The van der Waals surface area contributed by atoms with Crippen LogP contribution < -0.4 is 14.8 Å². The minimum Gasteiger partial charge on any atom is -0.497 e. The second-order valence-electron chi connectivity index (χ2n) is 8.61. The summed E-state index contributed by atoms with van der Waals surface area (Å²) in [7, 11) is 3.10. The molecule has 0 aliphatic carbocycles. The number of benzene rings is 3. The van der Waals surface area contributed by atoms with Crippen LogP contribution in [0, 0.1) is 5.92 Å². The maximum absolute atomic E-state index is 14.1. The number of Topliss-reactive ketones (excluding diaryl/α,β-unsaturated/α-hetero) is 1. The Morgan fingerprint density at radius 1 is 1.06 bits per heavy atom. The van der Waals surface area contributed by atoms with Gasteiger partial charge >= 0.3 is 0 Å². The summed E-state index contributed by atoms with van der Waals surface area (Å²) in [5.74, 6) is -0.643. The molecule has 1 amide bonds. The number of carbonyl (C=O) groups excluding carboxylic acids is 2. The average Bonchev–Trinajstić information content (AvgIpc) is 3.42. The van der Waals surface area contributed by atoms with E-state index in [4.69, 9.17) is 14.3 Å². The molecule has 0 fully saturated rings. The fraction of sp³-hybridized carbons (Fsp3) is 0.250. The van der Waals surface area contributed by atoms with Crippen molar-refractivity contribution in [1.82, 2.24) is 0 Å². The summed E-state index contributed by atoms with van der Waals surface area (Å²) in [5.41, 5.74) is 2.09. The number of anilines is 1. The highest BCUT2D eigenvalue weighted by molar-refractivity contribution is 6.25. The van der Waals surface area contributed by atoms with Crippen LogP contribution in [0.25, 0.3) is 0 Å². The topological polar surface area (TPSA) is 86.2 Å². The number of nitrogens with zero attached hydrogens (tertiary/aromatic N) is 1. The van der Waals surface area contributed by atoms with Crippen molar-refractivity contribution in [2.24, 2.45) is 11.1 Å². The standard InChI is InChI=1S/C28H26N2O5/c1-4-7-17-10-12-18(13-11-17)26(31)24-25(20-15-14-19(33-2)16-23(20)34-3)30-35-28(24)21-8-5-6-9-22(21)29-27(28)32/h5-6,8-16,24H,4,7H2,1-3H3,(H,29,32)/t24-,28+/m0/s1. The zero-order chi connectivity index (χ0) is 24.6. The molecule has 0 aromatic heterocycles. The quantitative estimate of drug-likeness (QED) is 0.504. The predicted molar refractivity (Wildman–Crippen MR) is 132 cm³/mol. The first-order chi connectivity index (χ1) is 17.0. The molecule has 1 spiro atoms. The number of hydrogen-bond acceptors (Lipinski definition) is 6. The molecule has 3 aromatic rings. The minimum absolute atomic E-state index is 0.256. The van der Waals surface area contributed by atoms with Crippen LogP contribution in [0.3, 0.4) is 0 Å². The lowest BCUT2D eigenvalue weighted by molar-refractivity contribution is -0.140. The molecule has 35 heavy (non-hydrogen) atoms. The minimum atomic E-state index is -1.62. The van der Waals surface area contributed by atoms with Gasteiger partial charge in [-0.15, -0.1) is 0 Å². The van der Waals surface area contributed by atoms with E-state index in [2.05, 4.69) is 17.4 Å². The Morgan fingerprint density at radius 3 is 2.54 bits per heavy atom. The van der Waals surface area contributed by atoms with Gasteiger partial charge in [-0.3, -0.25) is 9.59 Å². The molecule has 178 valence electrons. The van der Waals surface area contributed by atoms with E-state index in [1.807, 2.05) is 24.3 Å². The van der Waals surface area contributed by atoms with Crippen molar-refractivity contribution in [3.8, 4) is 11.5 Å². The SMILES string of the molecule is CCCc1ccc(C(=O)[C@@H]2C(c3ccc(OC)cc3OC)=NO[C@@]23C(=O)Nc2ccccc23)cc1. The Kier molecular flexibility index (Phi) is 5.76. The highest BCUT2D eigenvalue weighted by Gasteiger charge is 2.63. The van der Waals surface area contributed by atoms with Gasteiger partial charge in [0.2, 0.25) is 0 Å². The van der Waals surface area contributed by atoms with Crippen molar-refractivity contribution in [3.05, 3.63) is 89.0 Å². The molecule has 2 atom stereocenters. The predicted octanol–water partition coefficient (Wildman–Crippen LogP) is 4.74. The van der Waals surface area contributed by atoms with E-state index < -0.39 is 17.4 Å². The van der Waals surface area contributed by atoms with E-state index >= 15 is 0 Å². The van der Waals surface area contributed by atoms with Crippen LogP contribution in [-0.4, -0.2) is 31.6 Å². The molecule has 0 saturated carbocycles.